The van der Waals surface area contributed by atoms with Crippen LogP contribution in [0.3, 0.4) is 0 Å². The minimum atomic E-state index is -0.212. The van der Waals surface area contributed by atoms with Crippen molar-refractivity contribution in [3.05, 3.63) is 65.0 Å². The smallest absolute Gasteiger partial charge is 0.125 e. The summed E-state index contributed by atoms with van der Waals surface area (Å²) in [5, 5.41) is 3.23. The van der Waals surface area contributed by atoms with Gasteiger partial charge in [-0.1, -0.05) is 24.3 Å². The first-order chi connectivity index (χ1) is 9.17. The number of rotatable bonds is 5. The summed E-state index contributed by atoms with van der Waals surface area (Å²) in [5.74, 6) is -0.212. The zero-order valence-electron chi connectivity index (χ0n) is 11.2. The van der Waals surface area contributed by atoms with Gasteiger partial charge in [-0.15, -0.1) is 0 Å². The molecule has 1 N–H and O–H groups in total. The molecule has 0 atom stereocenters. The first-order valence-electron chi connectivity index (χ1n) is 6.25. The van der Waals surface area contributed by atoms with Crippen LogP contribution >= 0.6 is 0 Å². The molecule has 0 aliphatic heterocycles. The Morgan fingerprint density at radius 2 is 1.89 bits per heavy atom. The second-order valence-corrected chi connectivity index (χ2v) is 4.62. The largest absolute Gasteiger partial charge is 0.381 e. The van der Waals surface area contributed by atoms with Gasteiger partial charge in [0.1, 0.15) is 5.82 Å². The molecular formula is C16H18FNO. The van der Waals surface area contributed by atoms with Crippen LogP contribution in [-0.4, -0.2) is 7.11 Å². The summed E-state index contributed by atoms with van der Waals surface area (Å²) in [6.45, 7) is 3.15. The molecule has 0 fully saturated rings. The third kappa shape index (κ3) is 4.07. The molecule has 2 aromatic carbocycles. The second kappa shape index (κ2) is 6.34. The number of ether oxygens (including phenoxy) is 1. The molecule has 3 heteroatoms. The summed E-state index contributed by atoms with van der Waals surface area (Å²) in [6, 6.07) is 13.1. The fourth-order valence-corrected chi connectivity index (χ4v) is 2.04. The van der Waals surface area contributed by atoms with Gasteiger partial charge >= 0.3 is 0 Å². The van der Waals surface area contributed by atoms with Crippen LogP contribution in [-0.2, 0) is 17.9 Å². The molecule has 0 saturated heterocycles. The van der Waals surface area contributed by atoms with Gasteiger partial charge in [0.05, 0.1) is 6.61 Å². The Hall–Kier alpha value is -1.87. The highest BCUT2D eigenvalue weighted by Gasteiger charge is 1.99. The van der Waals surface area contributed by atoms with Crippen molar-refractivity contribution >= 4 is 5.69 Å². The van der Waals surface area contributed by atoms with Crippen LogP contribution in [0, 0.1) is 12.7 Å². The summed E-state index contributed by atoms with van der Waals surface area (Å²) < 4.78 is 18.4. The van der Waals surface area contributed by atoms with E-state index < -0.39 is 0 Å². The Labute approximate surface area is 113 Å². The highest BCUT2D eigenvalue weighted by atomic mass is 19.1. The van der Waals surface area contributed by atoms with E-state index in [1.54, 1.807) is 7.11 Å². The van der Waals surface area contributed by atoms with E-state index in [4.69, 9.17) is 4.74 Å². The van der Waals surface area contributed by atoms with Crippen LogP contribution in [0.2, 0.25) is 0 Å². The monoisotopic (exact) mass is 259 g/mol. The molecule has 100 valence electrons. The quantitative estimate of drug-likeness (QED) is 0.879. The van der Waals surface area contributed by atoms with Crippen molar-refractivity contribution < 1.29 is 9.13 Å². The van der Waals surface area contributed by atoms with E-state index in [2.05, 4.69) is 11.4 Å². The van der Waals surface area contributed by atoms with Gasteiger partial charge in [-0.2, -0.15) is 0 Å². The molecule has 0 unspecified atom stereocenters. The van der Waals surface area contributed by atoms with Gasteiger partial charge in [-0.3, -0.25) is 0 Å². The van der Waals surface area contributed by atoms with Crippen molar-refractivity contribution in [1.29, 1.82) is 0 Å². The molecule has 0 bridgehead atoms. The number of hydrogen-bond acceptors (Lipinski definition) is 2. The number of anilines is 1. The summed E-state index contributed by atoms with van der Waals surface area (Å²) in [5.41, 5.74) is 4.00. The highest BCUT2D eigenvalue weighted by Crippen LogP contribution is 2.15. The summed E-state index contributed by atoms with van der Waals surface area (Å²) in [4.78, 5) is 0. The van der Waals surface area contributed by atoms with Gasteiger partial charge in [-0.25, -0.2) is 4.39 Å². The molecule has 0 amide bonds. The lowest BCUT2D eigenvalue weighted by Gasteiger charge is -2.09. The van der Waals surface area contributed by atoms with E-state index in [1.165, 1.54) is 12.1 Å². The van der Waals surface area contributed by atoms with Gasteiger partial charge in [0, 0.05) is 19.3 Å². The lowest BCUT2D eigenvalue weighted by molar-refractivity contribution is 0.185. The molecule has 0 heterocycles. The molecule has 0 aliphatic carbocycles. The molecule has 2 rings (SSSR count). The molecule has 0 saturated carbocycles. The number of halogens is 1. The molecular weight excluding hydrogens is 241 g/mol. The van der Waals surface area contributed by atoms with Crippen LogP contribution in [0.5, 0.6) is 0 Å². The SMILES string of the molecule is COCc1cccc(CNc2cc(C)cc(F)c2)c1. The van der Waals surface area contributed by atoms with E-state index in [0.717, 1.165) is 22.4 Å². The number of aryl methyl sites for hydroxylation is 1. The lowest BCUT2D eigenvalue weighted by atomic mass is 10.1. The van der Waals surface area contributed by atoms with Crippen LogP contribution in [0.4, 0.5) is 10.1 Å². The first-order valence-corrected chi connectivity index (χ1v) is 6.25. The van der Waals surface area contributed by atoms with Crippen molar-refractivity contribution in [2.75, 3.05) is 12.4 Å². The molecule has 0 aromatic heterocycles. The van der Waals surface area contributed by atoms with Crippen molar-refractivity contribution in [1.82, 2.24) is 0 Å². The van der Waals surface area contributed by atoms with E-state index >= 15 is 0 Å². The lowest BCUT2D eigenvalue weighted by Crippen LogP contribution is -2.01. The number of nitrogens with one attached hydrogen (secondary N) is 1. The predicted octanol–water partition coefficient (Wildman–Crippen LogP) is 3.89. The Morgan fingerprint density at radius 1 is 1.11 bits per heavy atom. The highest BCUT2D eigenvalue weighted by molar-refractivity contribution is 5.46. The van der Waals surface area contributed by atoms with Crippen molar-refractivity contribution in [3.63, 3.8) is 0 Å². The minimum Gasteiger partial charge on any atom is -0.381 e. The van der Waals surface area contributed by atoms with E-state index in [-0.39, 0.29) is 5.82 Å². The molecule has 2 nitrogen and oxygen atoms in total. The second-order valence-electron chi connectivity index (χ2n) is 4.62. The Bertz CT molecular complexity index is 534. The van der Waals surface area contributed by atoms with Gasteiger partial charge in [0.25, 0.3) is 0 Å². The van der Waals surface area contributed by atoms with E-state index in [1.807, 2.05) is 31.2 Å². The molecule has 2 aromatic rings. The van der Waals surface area contributed by atoms with Crippen LogP contribution in [0.1, 0.15) is 16.7 Å². The average Bonchev–Trinajstić information content (AvgIpc) is 2.36. The third-order valence-corrected chi connectivity index (χ3v) is 2.84. The fourth-order valence-electron chi connectivity index (χ4n) is 2.04. The van der Waals surface area contributed by atoms with E-state index in [9.17, 15) is 4.39 Å². The van der Waals surface area contributed by atoms with Crippen LogP contribution < -0.4 is 5.32 Å². The fraction of sp³-hybridized carbons (Fsp3) is 0.250. The first kappa shape index (κ1) is 13.6. The molecule has 0 spiro atoms. The van der Waals surface area contributed by atoms with Gasteiger partial charge in [0.15, 0.2) is 0 Å². The van der Waals surface area contributed by atoms with Crippen LogP contribution in [0.15, 0.2) is 42.5 Å². The summed E-state index contributed by atoms with van der Waals surface area (Å²) in [7, 11) is 1.68. The standard InChI is InChI=1S/C16H18FNO/c1-12-6-15(17)9-16(7-12)18-10-13-4-3-5-14(8-13)11-19-2/h3-9,18H,10-11H2,1-2H3. The number of benzene rings is 2. The average molecular weight is 259 g/mol. The maximum Gasteiger partial charge on any atom is 0.125 e. The third-order valence-electron chi connectivity index (χ3n) is 2.84. The molecule has 0 aliphatic rings. The summed E-state index contributed by atoms with van der Waals surface area (Å²) in [6.07, 6.45) is 0. The van der Waals surface area contributed by atoms with E-state index in [0.29, 0.717) is 13.2 Å². The maximum atomic E-state index is 13.3. The Balaban J connectivity index is 2.03. The minimum absolute atomic E-state index is 0.212. The Kier molecular flexibility index (Phi) is 4.53. The molecule has 19 heavy (non-hydrogen) atoms. The zero-order valence-corrected chi connectivity index (χ0v) is 11.2. The van der Waals surface area contributed by atoms with Crippen molar-refractivity contribution in [2.45, 2.75) is 20.1 Å². The number of methoxy groups -OCH3 is 1. The van der Waals surface area contributed by atoms with Crippen molar-refractivity contribution in [3.8, 4) is 0 Å². The topological polar surface area (TPSA) is 21.3 Å². The molecule has 0 radical (unpaired) electrons. The van der Waals surface area contributed by atoms with Crippen LogP contribution in [0.25, 0.3) is 0 Å². The van der Waals surface area contributed by atoms with Gasteiger partial charge < -0.3 is 10.1 Å². The predicted molar refractivity (Wildman–Crippen MR) is 75.6 cm³/mol. The number of hydrogen-bond donors (Lipinski definition) is 1. The summed E-state index contributed by atoms with van der Waals surface area (Å²) >= 11 is 0. The van der Waals surface area contributed by atoms with Gasteiger partial charge in [-0.05, 0) is 41.8 Å². The van der Waals surface area contributed by atoms with Gasteiger partial charge in [0.2, 0.25) is 0 Å². The normalized spacial score (nSPS) is 10.5. The maximum absolute atomic E-state index is 13.3. The van der Waals surface area contributed by atoms with Crippen molar-refractivity contribution in [2.24, 2.45) is 0 Å². The zero-order chi connectivity index (χ0) is 13.7. The Morgan fingerprint density at radius 3 is 2.63 bits per heavy atom.